The van der Waals surface area contributed by atoms with Crippen LogP contribution in [0.4, 0.5) is 5.69 Å². The third kappa shape index (κ3) is 3.82. The van der Waals surface area contributed by atoms with Crippen molar-refractivity contribution >= 4 is 27.6 Å². The van der Waals surface area contributed by atoms with Crippen LogP contribution >= 0.6 is 15.9 Å². The van der Waals surface area contributed by atoms with Crippen LogP contribution in [-0.2, 0) is 16.1 Å². The van der Waals surface area contributed by atoms with Crippen LogP contribution in [0.15, 0.2) is 15.5 Å². The first kappa shape index (κ1) is 16.0. The lowest BCUT2D eigenvalue weighted by Crippen LogP contribution is -2.46. The molecule has 0 aliphatic carbocycles. The van der Waals surface area contributed by atoms with Crippen molar-refractivity contribution in [3.63, 3.8) is 0 Å². The number of nitrogens with one attached hydrogen (secondary N) is 2. The lowest BCUT2D eigenvalue weighted by molar-refractivity contribution is -0.141. The van der Waals surface area contributed by atoms with Crippen molar-refractivity contribution < 1.29 is 9.53 Å². The highest BCUT2D eigenvalue weighted by Crippen LogP contribution is 2.20. The van der Waals surface area contributed by atoms with E-state index in [1.165, 1.54) is 7.11 Å². The van der Waals surface area contributed by atoms with Crippen LogP contribution in [0.2, 0.25) is 0 Å². The Hall–Kier alpha value is -1.41. The largest absolute Gasteiger partial charge is 0.468 e. The van der Waals surface area contributed by atoms with E-state index in [1.54, 1.807) is 6.20 Å². The molecular formula is C13H19BrN4O3. The summed E-state index contributed by atoms with van der Waals surface area (Å²) in [5.41, 5.74) is 0.281. The molecule has 1 aliphatic rings. The zero-order valence-electron chi connectivity index (χ0n) is 12.1. The second kappa shape index (κ2) is 7.04. The molecule has 2 N–H and O–H groups in total. The number of aromatic nitrogens is 2. The maximum atomic E-state index is 12.2. The molecule has 8 heteroatoms. The summed E-state index contributed by atoms with van der Waals surface area (Å²) < 4.78 is 5.98. The third-order valence-electron chi connectivity index (χ3n) is 3.59. The molecular weight excluding hydrogens is 340 g/mol. The van der Waals surface area contributed by atoms with Crippen LogP contribution in [0.5, 0.6) is 0 Å². The molecule has 0 amide bonds. The number of rotatable bonds is 4. The first-order valence-electron chi connectivity index (χ1n) is 6.85. The van der Waals surface area contributed by atoms with Crippen LogP contribution in [0, 0.1) is 0 Å². The SMILES string of the molecule is COC(=O)Cn1ncc(NC2CCCNC2C)c(Br)c1=O. The van der Waals surface area contributed by atoms with Gasteiger partial charge in [-0.05, 0) is 42.2 Å². The molecule has 0 radical (unpaired) electrons. The molecule has 2 atom stereocenters. The highest BCUT2D eigenvalue weighted by molar-refractivity contribution is 9.10. The minimum absolute atomic E-state index is 0.199. The van der Waals surface area contributed by atoms with Gasteiger partial charge in [-0.15, -0.1) is 0 Å². The molecule has 0 saturated carbocycles. The van der Waals surface area contributed by atoms with Gasteiger partial charge in [0.2, 0.25) is 0 Å². The number of nitrogens with zero attached hydrogens (tertiary/aromatic N) is 2. The summed E-state index contributed by atoms with van der Waals surface area (Å²) in [6.07, 6.45) is 3.67. The second-order valence-corrected chi connectivity index (χ2v) is 5.84. The average Bonchev–Trinajstić information content (AvgIpc) is 2.48. The number of halogens is 1. The molecule has 2 rings (SSSR count). The molecule has 1 aromatic heterocycles. The van der Waals surface area contributed by atoms with E-state index in [4.69, 9.17) is 0 Å². The Bertz CT molecular complexity index is 575. The molecule has 116 valence electrons. The molecule has 21 heavy (non-hydrogen) atoms. The Morgan fingerprint density at radius 3 is 3.10 bits per heavy atom. The fourth-order valence-corrected chi connectivity index (χ4v) is 2.73. The van der Waals surface area contributed by atoms with Crippen LogP contribution in [0.25, 0.3) is 0 Å². The van der Waals surface area contributed by atoms with E-state index < -0.39 is 5.97 Å². The number of carbonyl (C=O) groups is 1. The molecule has 0 aromatic carbocycles. The summed E-state index contributed by atoms with van der Waals surface area (Å²) in [7, 11) is 1.27. The van der Waals surface area contributed by atoms with Crippen LogP contribution < -0.4 is 16.2 Å². The molecule has 1 fully saturated rings. The molecule has 1 saturated heterocycles. The van der Waals surface area contributed by atoms with Gasteiger partial charge in [-0.2, -0.15) is 5.10 Å². The normalized spacial score (nSPS) is 21.9. The number of carbonyl (C=O) groups excluding carboxylic acids is 1. The maximum absolute atomic E-state index is 12.2. The maximum Gasteiger partial charge on any atom is 0.327 e. The molecule has 2 heterocycles. The minimum atomic E-state index is -0.512. The number of ether oxygens (including phenoxy) is 1. The van der Waals surface area contributed by atoms with Crippen molar-refractivity contribution in [2.45, 2.75) is 38.4 Å². The molecule has 0 spiro atoms. The van der Waals surface area contributed by atoms with Gasteiger partial charge in [0.1, 0.15) is 11.0 Å². The van der Waals surface area contributed by atoms with E-state index in [-0.39, 0.29) is 18.1 Å². The van der Waals surface area contributed by atoms with Gasteiger partial charge in [-0.1, -0.05) is 0 Å². The molecule has 7 nitrogen and oxygen atoms in total. The van der Waals surface area contributed by atoms with Crippen molar-refractivity contribution in [2.75, 3.05) is 19.0 Å². The quantitative estimate of drug-likeness (QED) is 0.771. The highest BCUT2D eigenvalue weighted by Gasteiger charge is 2.22. The lowest BCUT2D eigenvalue weighted by Gasteiger charge is -2.31. The zero-order chi connectivity index (χ0) is 15.4. The molecule has 1 aromatic rings. The topological polar surface area (TPSA) is 85.2 Å². The smallest absolute Gasteiger partial charge is 0.327 e. The van der Waals surface area contributed by atoms with Crippen LogP contribution in [-0.4, -0.2) is 41.5 Å². The predicted molar refractivity (Wildman–Crippen MR) is 82.3 cm³/mol. The van der Waals surface area contributed by atoms with E-state index in [9.17, 15) is 9.59 Å². The van der Waals surface area contributed by atoms with E-state index >= 15 is 0 Å². The Balaban J connectivity index is 2.16. The van der Waals surface area contributed by atoms with E-state index in [0.29, 0.717) is 16.2 Å². The number of anilines is 1. The molecule has 1 aliphatic heterocycles. The molecule has 0 bridgehead atoms. The number of piperidine rings is 1. The van der Waals surface area contributed by atoms with Crippen molar-refractivity contribution in [2.24, 2.45) is 0 Å². The van der Waals surface area contributed by atoms with E-state index in [2.05, 4.69) is 43.3 Å². The van der Waals surface area contributed by atoms with Gasteiger partial charge >= 0.3 is 5.97 Å². The van der Waals surface area contributed by atoms with Crippen LogP contribution in [0.1, 0.15) is 19.8 Å². The van der Waals surface area contributed by atoms with E-state index in [1.807, 2.05) is 0 Å². The third-order valence-corrected chi connectivity index (χ3v) is 4.36. The van der Waals surface area contributed by atoms with Crippen LogP contribution in [0.3, 0.4) is 0 Å². The fraction of sp³-hybridized carbons (Fsp3) is 0.615. The van der Waals surface area contributed by atoms with Crippen molar-refractivity contribution in [3.05, 3.63) is 21.0 Å². The predicted octanol–water partition coefficient (Wildman–Crippen LogP) is 0.731. The van der Waals surface area contributed by atoms with Crippen molar-refractivity contribution in [1.82, 2.24) is 15.1 Å². The van der Waals surface area contributed by atoms with Gasteiger partial charge in [0.05, 0.1) is 19.0 Å². The second-order valence-electron chi connectivity index (χ2n) is 5.05. The zero-order valence-corrected chi connectivity index (χ0v) is 13.6. The summed E-state index contributed by atoms with van der Waals surface area (Å²) in [6.45, 7) is 2.92. The minimum Gasteiger partial charge on any atom is -0.468 e. The number of esters is 1. The van der Waals surface area contributed by atoms with Gasteiger partial charge in [0.25, 0.3) is 5.56 Å². The Morgan fingerprint density at radius 2 is 2.43 bits per heavy atom. The Kier molecular flexibility index (Phi) is 5.35. The summed E-state index contributed by atoms with van der Waals surface area (Å²) in [6, 6.07) is 0.566. The highest BCUT2D eigenvalue weighted by atomic mass is 79.9. The summed E-state index contributed by atoms with van der Waals surface area (Å²) in [5.74, 6) is -0.512. The summed E-state index contributed by atoms with van der Waals surface area (Å²) in [5, 5.41) is 10.7. The summed E-state index contributed by atoms with van der Waals surface area (Å²) in [4.78, 5) is 23.4. The van der Waals surface area contributed by atoms with Crippen molar-refractivity contribution in [1.29, 1.82) is 0 Å². The first-order valence-corrected chi connectivity index (χ1v) is 7.64. The lowest BCUT2D eigenvalue weighted by atomic mass is 10.00. The Labute approximate surface area is 131 Å². The van der Waals surface area contributed by atoms with Gasteiger partial charge in [0.15, 0.2) is 0 Å². The van der Waals surface area contributed by atoms with Gasteiger partial charge in [-0.3, -0.25) is 9.59 Å². The number of hydrogen-bond donors (Lipinski definition) is 2. The fourth-order valence-electron chi connectivity index (χ4n) is 2.31. The first-order chi connectivity index (χ1) is 10.0. The number of hydrogen-bond acceptors (Lipinski definition) is 6. The molecule has 2 unspecified atom stereocenters. The summed E-state index contributed by atoms with van der Waals surface area (Å²) >= 11 is 3.28. The van der Waals surface area contributed by atoms with Gasteiger partial charge in [-0.25, -0.2) is 4.68 Å². The van der Waals surface area contributed by atoms with Gasteiger partial charge in [0, 0.05) is 12.1 Å². The standard InChI is InChI=1S/C13H19BrN4O3/c1-8-9(4-3-5-15-8)17-10-6-16-18(7-11(19)21-2)13(20)12(10)14/h6,8-9,15,17H,3-5,7H2,1-2H3. The number of methoxy groups -OCH3 is 1. The Morgan fingerprint density at radius 1 is 1.67 bits per heavy atom. The van der Waals surface area contributed by atoms with E-state index in [0.717, 1.165) is 24.1 Å². The monoisotopic (exact) mass is 358 g/mol. The average molecular weight is 359 g/mol. The van der Waals surface area contributed by atoms with Gasteiger partial charge < -0.3 is 15.4 Å². The van der Waals surface area contributed by atoms with Crippen molar-refractivity contribution in [3.8, 4) is 0 Å².